The van der Waals surface area contributed by atoms with E-state index in [1.54, 1.807) is 26.4 Å². The summed E-state index contributed by atoms with van der Waals surface area (Å²) < 4.78 is 5.42. The number of aromatic nitrogens is 2. The monoisotopic (exact) mass is 329 g/mol. The summed E-state index contributed by atoms with van der Waals surface area (Å²) in [7, 11) is 1.73. The van der Waals surface area contributed by atoms with Gasteiger partial charge in [-0.1, -0.05) is 0 Å². The molecule has 7 nitrogen and oxygen atoms in total. The number of ether oxygens (including phenoxy) is 1. The standard InChI is InChI=1S/C17H23N5O2/c1-13(23)22-10-14(11-24-2)17(12-22)3-5-21(6-4-17)15-8-19-16(7-18)20-9-15/h8-9,14H,3-6,10-12H2,1-2H3. The van der Waals surface area contributed by atoms with Crippen molar-refractivity contribution < 1.29 is 9.53 Å². The number of amides is 1. The van der Waals surface area contributed by atoms with Crippen molar-refractivity contribution in [1.82, 2.24) is 14.9 Å². The number of methoxy groups -OCH3 is 1. The number of anilines is 1. The van der Waals surface area contributed by atoms with Crippen molar-refractivity contribution in [2.75, 3.05) is 44.8 Å². The number of carbonyl (C=O) groups is 1. The first-order chi connectivity index (χ1) is 11.6. The summed E-state index contributed by atoms with van der Waals surface area (Å²) in [4.78, 5) is 24.1. The lowest BCUT2D eigenvalue weighted by Gasteiger charge is -2.43. The van der Waals surface area contributed by atoms with Crippen LogP contribution in [0, 0.1) is 22.7 Å². The van der Waals surface area contributed by atoms with Crippen LogP contribution >= 0.6 is 0 Å². The second-order valence-electron chi connectivity index (χ2n) is 6.78. The van der Waals surface area contributed by atoms with Crippen molar-refractivity contribution in [3.05, 3.63) is 18.2 Å². The number of rotatable bonds is 3. The molecular formula is C17H23N5O2. The molecule has 3 heterocycles. The molecule has 0 aromatic carbocycles. The molecule has 1 aromatic heterocycles. The number of likely N-dealkylation sites (tertiary alicyclic amines) is 1. The van der Waals surface area contributed by atoms with Crippen LogP contribution < -0.4 is 4.90 Å². The summed E-state index contributed by atoms with van der Waals surface area (Å²) in [6.45, 7) is 5.77. The number of carbonyl (C=O) groups excluding carboxylic acids is 1. The minimum atomic E-state index is 0.144. The van der Waals surface area contributed by atoms with Crippen LogP contribution in [0.5, 0.6) is 0 Å². The third-order valence-corrected chi connectivity index (χ3v) is 5.49. The Bertz CT molecular complexity index is 631. The van der Waals surface area contributed by atoms with Crippen molar-refractivity contribution >= 4 is 11.6 Å². The fourth-order valence-corrected chi connectivity index (χ4v) is 4.02. The molecule has 0 bridgehead atoms. The van der Waals surface area contributed by atoms with Gasteiger partial charge in [-0.3, -0.25) is 4.79 Å². The van der Waals surface area contributed by atoms with Crippen LogP contribution in [0.4, 0.5) is 5.69 Å². The van der Waals surface area contributed by atoms with Crippen LogP contribution in [0.3, 0.4) is 0 Å². The van der Waals surface area contributed by atoms with Gasteiger partial charge in [0.25, 0.3) is 0 Å². The summed E-state index contributed by atoms with van der Waals surface area (Å²) in [6, 6.07) is 1.94. The van der Waals surface area contributed by atoms with E-state index in [2.05, 4.69) is 14.9 Å². The molecule has 2 aliphatic rings. The first-order valence-corrected chi connectivity index (χ1v) is 8.29. The molecule has 1 atom stereocenters. The molecule has 1 aromatic rings. The zero-order chi connectivity index (χ0) is 17.2. The van der Waals surface area contributed by atoms with Gasteiger partial charge in [0.2, 0.25) is 11.7 Å². The van der Waals surface area contributed by atoms with Crippen LogP contribution in [-0.4, -0.2) is 60.7 Å². The van der Waals surface area contributed by atoms with Gasteiger partial charge in [0.1, 0.15) is 6.07 Å². The Kier molecular flexibility index (Phi) is 4.67. The molecule has 2 saturated heterocycles. The number of piperidine rings is 1. The van der Waals surface area contributed by atoms with Crippen LogP contribution in [0.1, 0.15) is 25.6 Å². The highest BCUT2D eigenvalue weighted by Crippen LogP contribution is 2.45. The SMILES string of the molecule is COCC1CN(C(C)=O)CC12CCN(c1cnc(C#N)nc1)CC2. The zero-order valence-corrected chi connectivity index (χ0v) is 14.2. The fourth-order valence-electron chi connectivity index (χ4n) is 4.02. The number of hydrogen-bond acceptors (Lipinski definition) is 6. The van der Waals surface area contributed by atoms with E-state index in [0.717, 1.165) is 44.7 Å². The van der Waals surface area contributed by atoms with E-state index in [4.69, 9.17) is 10.00 Å². The minimum Gasteiger partial charge on any atom is -0.384 e. The van der Waals surface area contributed by atoms with E-state index >= 15 is 0 Å². The average molecular weight is 329 g/mol. The molecule has 0 aliphatic carbocycles. The van der Waals surface area contributed by atoms with Gasteiger partial charge < -0.3 is 14.5 Å². The number of nitriles is 1. The molecule has 0 radical (unpaired) electrons. The Balaban J connectivity index is 1.70. The number of nitrogens with zero attached hydrogens (tertiary/aromatic N) is 5. The van der Waals surface area contributed by atoms with Gasteiger partial charge in [-0.2, -0.15) is 5.26 Å². The molecule has 1 amide bonds. The number of hydrogen-bond donors (Lipinski definition) is 0. The molecule has 3 rings (SSSR count). The van der Waals surface area contributed by atoms with Gasteiger partial charge in [0.15, 0.2) is 0 Å². The van der Waals surface area contributed by atoms with E-state index in [-0.39, 0.29) is 17.1 Å². The maximum Gasteiger partial charge on any atom is 0.232 e. The topological polar surface area (TPSA) is 82.4 Å². The molecule has 0 N–H and O–H groups in total. The summed E-state index contributed by atoms with van der Waals surface area (Å²) >= 11 is 0. The van der Waals surface area contributed by atoms with Crippen LogP contribution in [0.2, 0.25) is 0 Å². The highest BCUT2D eigenvalue weighted by molar-refractivity contribution is 5.73. The van der Waals surface area contributed by atoms with E-state index in [9.17, 15) is 4.79 Å². The van der Waals surface area contributed by atoms with Gasteiger partial charge in [0, 0.05) is 46.1 Å². The van der Waals surface area contributed by atoms with E-state index < -0.39 is 0 Å². The van der Waals surface area contributed by atoms with Gasteiger partial charge in [-0.25, -0.2) is 9.97 Å². The van der Waals surface area contributed by atoms with Crippen molar-refractivity contribution in [2.24, 2.45) is 11.3 Å². The summed E-state index contributed by atoms with van der Waals surface area (Å²) in [5.74, 6) is 0.738. The first kappa shape index (κ1) is 16.7. The Morgan fingerprint density at radius 3 is 2.62 bits per heavy atom. The molecule has 1 unspecified atom stereocenters. The quantitative estimate of drug-likeness (QED) is 0.825. The van der Waals surface area contributed by atoms with E-state index in [0.29, 0.717) is 12.5 Å². The van der Waals surface area contributed by atoms with Crippen LogP contribution in [0.25, 0.3) is 0 Å². The molecule has 2 fully saturated rings. The maximum atomic E-state index is 11.8. The Hall–Kier alpha value is -2.20. The highest BCUT2D eigenvalue weighted by Gasteiger charge is 2.48. The van der Waals surface area contributed by atoms with Crippen molar-refractivity contribution in [3.8, 4) is 6.07 Å². The largest absolute Gasteiger partial charge is 0.384 e. The Morgan fingerprint density at radius 1 is 1.42 bits per heavy atom. The molecule has 24 heavy (non-hydrogen) atoms. The lowest BCUT2D eigenvalue weighted by Crippen LogP contribution is -2.45. The molecule has 1 spiro atoms. The predicted octanol–water partition coefficient (Wildman–Crippen LogP) is 1.06. The average Bonchev–Trinajstić information content (AvgIpc) is 2.95. The molecule has 7 heteroatoms. The van der Waals surface area contributed by atoms with Gasteiger partial charge in [-0.05, 0) is 18.3 Å². The second kappa shape index (κ2) is 6.73. The minimum absolute atomic E-state index is 0.144. The van der Waals surface area contributed by atoms with Crippen molar-refractivity contribution in [3.63, 3.8) is 0 Å². The fraction of sp³-hybridized carbons (Fsp3) is 0.647. The summed E-state index contributed by atoms with van der Waals surface area (Å²) in [6.07, 6.45) is 5.47. The summed E-state index contributed by atoms with van der Waals surface area (Å²) in [5, 5.41) is 8.79. The van der Waals surface area contributed by atoms with Gasteiger partial charge >= 0.3 is 0 Å². The third-order valence-electron chi connectivity index (χ3n) is 5.49. The molecule has 0 saturated carbocycles. The van der Waals surface area contributed by atoms with Crippen LogP contribution in [0.15, 0.2) is 12.4 Å². The normalized spacial score (nSPS) is 22.6. The van der Waals surface area contributed by atoms with Gasteiger partial charge in [-0.15, -0.1) is 0 Å². The zero-order valence-electron chi connectivity index (χ0n) is 14.2. The highest BCUT2D eigenvalue weighted by atomic mass is 16.5. The van der Waals surface area contributed by atoms with Crippen molar-refractivity contribution in [2.45, 2.75) is 19.8 Å². The smallest absolute Gasteiger partial charge is 0.232 e. The second-order valence-corrected chi connectivity index (χ2v) is 6.78. The Morgan fingerprint density at radius 2 is 2.08 bits per heavy atom. The van der Waals surface area contributed by atoms with Gasteiger partial charge in [0.05, 0.1) is 24.7 Å². The van der Waals surface area contributed by atoms with E-state index in [1.165, 1.54) is 0 Å². The van der Waals surface area contributed by atoms with Crippen LogP contribution in [-0.2, 0) is 9.53 Å². The predicted molar refractivity (Wildman–Crippen MR) is 88.2 cm³/mol. The summed E-state index contributed by atoms with van der Waals surface area (Å²) in [5.41, 5.74) is 1.10. The molecular weight excluding hydrogens is 306 g/mol. The Labute approximate surface area is 142 Å². The molecule has 2 aliphatic heterocycles. The maximum absolute atomic E-state index is 11.8. The lowest BCUT2D eigenvalue weighted by molar-refractivity contribution is -0.128. The molecule has 128 valence electrons. The van der Waals surface area contributed by atoms with E-state index in [1.807, 2.05) is 11.0 Å². The first-order valence-electron chi connectivity index (χ1n) is 8.29. The lowest BCUT2D eigenvalue weighted by atomic mass is 9.71. The third kappa shape index (κ3) is 3.06. The van der Waals surface area contributed by atoms with Crippen molar-refractivity contribution in [1.29, 1.82) is 5.26 Å².